The van der Waals surface area contributed by atoms with Gasteiger partial charge in [-0.15, -0.1) is 0 Å². The van der Waals surface area contributed by atoms with Crippen molar-refractivity contribution >= 4 is 15.9 Å². The Morgan fingerprint density at radius 1 is 1.09 bits per heavy atom. The van der Waals surface area contributed by atoms with Crippen LogP contribution >= 0.6 is 0 Å². The predicted molar refractivity (Wildman–Crippen MR) is 87.9 cm³/mol. The van der Waals surface area contributed by atoms with E-state index in [1.807, 2.05) is 4.90 Å². The van der Waals surface area contributed by atoms with Gasteiger partial charge >= 0.3 is 0 Å². The molecular formula is C16H24N2O4S. The summed E-state index contributed by atoms with van der Waals surface area (Å²) in [6.07, 6.45) is 4.44. The Bertz CT molecular complexity index is 618. The van der Waals surface area contributed by atoms with Crippen molar-refractivity contribution in [3.63, 3.8) is 0 Å². The standard InChI is InChI=1S/C16H24N2O4S/c1-17(2)23(20,21)15-9-7-14(8-10-15)22-13-16(19)18-11-5-3-4-6-12-18/h7-10H,3-6,11-13H2,1-2H3. The Kier molecular flexibility index (Phi) is 6.01. The Balaban J connectivity index is 1.92. The largest absolute Gasteiger partial charge is 0.484 e. The number of ether oxygens (including phenoxy) is 1. The molecule has 1 aromatic rings. The summed E-state index contributed by atoms with van der Waals surface area (Å²) in [5, 5.41) is 0. The molecule has 1 saturated heterocycles. The maximum absolute atomic E-state index is 12.1. The van der Waals surface area contributed by atoms with E-state index in [2.05, 4.69) is 0 Å². The lowest BCUT2D eigenvalue weighted by atomic mass is 10.2. The molecule has 128 valence electrons. The zero-order chi connectivity index (χ0) is 16.9. The van der Waals surface area contributed by atoms with Gasteiger partial charge in [-0.25, -0.2) is 12.7 Å². The highest BCUT2D eigenvalue weighted by Crippen LogP contribution is 2.18. The molecule has 2 rings (SSSR count). The van der Waals surface area contributed by atoms with Crippen molar-refractivity contribution in [1.29, 1.82) is 0 Å². The van der Waals surface area contributed by atoms with Crippen LogP contribution in [0.15, 0.2) is 29.2 Å². The van der Waals surface area contributed by atoms with Crippen molar-refractivity contribution in [2.75, 3.05) is 33.8 Å². The quantitative estimate of drug-likeness (QED) is 0.818. The van der Waals surface area contributed by atoms with Gasteiger partial charge < -0.3 is 9.64 Å². The van der Waals surface area contributed by atoms with E-state index in [1.54, 1.807) is 12.1 Å². The van der Waals surface area contributed by atoms with Crippen LogP contribution < -0.4 is 4.74 Å². The molecule has 1 aliphatic heterocycles. The monoisotopic (exact) mass is 340 g/mol. The summed E-state index contributed by atoms with van der Waals surface area (Å²) in [7, 11) is -0.472. The van der Waals surface area contributed by atoms with Crippen molar-refractivity contribution in [3.8, 4) is 5.75 Å². The van der Waals surface area contributed by atoms with Gasteiger partial charge in [0.25, 0.3) is 5.91 Å². The molecular weight excluding hydrogens is 316 g/mol. The first kappa shape index (κ1) is 17.7. The van der Waals surface area contributed by atoms with E-state index < -0.39 is 10.0 Å². The van der Waals surface area contributed by atoms with E-state index in [9.17, 15) is 13.2 Å². The second kappa shape index (κ2) is 7.79. The van der Waals surface area contributed by atoms with E-state index in [0.717, 1.165) is 30.2 Å². The summed E-state index contributed by atoms with van der Waals surface area (Å²) in [6, 6.07) is 6.13. The fourth-order valence-corrected chi connectivity index (χ4v) is 3.38. The molecule has 1 aliphatic rings. The fourth-order valence-electron chi connectivity index (χ4n) is 2.48. The Morgan fingerprint density at radius 3 is 2.17 bits per heavy atom. The summed E-state index contributed by atoms with van der Waals surface area (Å²) in [6.45, 7) is 1.57. The molecule has 0 radical (unpaired) electrons. The molecule has 1 amide bonds. The minimum atomic E-state index is -3.44. The minimum Gasteiger partial charge on any atom is -0.484 e. The molecule has 0 bridgehead atoms. The van der Waals surface area contributed by atoms with Crippen molar-refractivity contribution in [1.82, 2.24) is 9.21 Å². The number of benzene rings is 1. The number of sulfonamides is 1. The lowest BCUT2D eigenvalue weighted by molar-refractivity contribution is -0.133. The highest BCUT2D eigenvalue weighted by atomic mass is 32.2. The smallest absolute Gasteiger partial charge is 0.260 e. The van der Waals surface area contributed by atoms with Crippen LogP contribution in [-0.4, -0.2) is 57.3 Å². The number of hydrogen-bond donors (Lipinski definition) is 0. The van der Waals surface area contributed by atoms with Gasteiger partial charge in [-0.1, -0.05) is 12.8 Å². The average Bonchev–Trinajstić information content (AvgIpc) is 2.82. The minimum absolute atomic E-state index is 0.0141. The first-order chi connectivity index (χ1) is 10.9. The number of rotatable bonds is 5. The van der Waals surface area contributed by atoms with E-state index in [-0.39, 0.29) is 17.4 Å². The van der Waals surface area contributed by atoms with Gasteiger partial charge in [0.05, 0.1) is 4.90 Å². The summed E-state index contributed by atoms with van der Waals surface area (Å²) >= 11 is 0. The Hall–Kier alpha value is -1.60. The van der Waals surface area contributed by atoms with E-state index in [0.29, 0.717) is 5.75 Å². The molecule has 1 heterocycles. The topological polar surface area (TPSA) is 66.9 Å². The van der Waals surface area contributed by atoms with Gasteiger partial charge in [0.15, 0.2) is 6.61 Å². The maximum Gasteiger partial charge on any atom is 0.260 e. The third-order valence-electron chi connectivity index (χ3n) is 3.92. The van der Waals surface area contributed by atoms with Gasteiger partial charge in [0, 0.05) is 27.2 Å². The zero-order valence-corrected chi connectivity index (χ0v) is 14.5. The van der Waals surface area contributed by atoms with Crippen LogP contribution in [-0.2, 0) is 14.8 Å². The molecule has 23 heavy (non-hydrogen) atoms. The van der Waals surface area contributed by atoms with Gasteiger partial charge in [-0.2, -0.15) is 0 Å². The van der Waals surface area contributed by atoms with Crippen LogP contribution in [0, 0.1) is 0 Å². The fraction of sp³-hybridized carbons (Fsp3) is 0.562. The Morgan fingerprint density at radius 2 is 1.65 bits per heavy atom. The van der Waals surface area contributed by atoms with Crippen molar-refractivity contribution in [2.45, 2.75) is 30.6 Å². The number of carbonyl (C=O) groups is 1. The van der Waals surface area contributed by atoms with Crippen molar-refractivity contribution in [3.05, 3.63) is 24.3 Å². The summed E-state index contributed by atoms with van der Waals surface area (Å²) in [4.78, 5) is 14.2. The molecule has 1 fully saturated rings. The number of nitrogens with zero attached hydrogens (tertiary/aromatic N) is 2. The number of likely N-dealkylation sites (tertiary alicyclic amines) is 1. The predicted octanol–water partition coefficient (Wildman–Crippen LogP) is 1.72. The number of amides is 1. The molecule has 0 N–H and O–H groups in total. The molecule has 0 atom stereocenters. The van der Waals surface area contributed by atoms with Crippen LogP contribution in [0.4, 0.5) is 0 Å². The van der Waals surface area contributed by atoms with Gasteiger partial charge in [-0.3, -0.25) is 4.79 Å². The highest BCUT2D eigenvalue weighted by molar-refractivity contribution is 7.89. The molecule has 6 nitrogen and oxygen atoms in total. The molecule has 0 aliphatic carbocycles. The summed E-state index contributed by atoms with van der Waals surface area (Å²) < 4.78 is 30.6. The molecule has 0 unspecified atom stereocenters. The van der Waals surface area contributed by atoms with Crippen LogP contribution in [0.3, 0.4) is 0 Å². The zero-order valence-electron chi connectivity index (χ0n) is 13.7. The second-order valence-corrected chi connectivity index (χ2v) is 7.99. The lowest BCUT2D eigenvalue weighted by Gasteiger charge is -2.20. The maximum atomic E-state index is 12.1. The van der Waals surface area contributed by atoms with Crippen molar-refractivity contribution in [2.24, 2.45) is 0 Å². The van der Waals surface area contributed by atoms with E-state index >= 15 is 0 Å². The molecule has 0 aromatic heterocycles. The third-order valence-corrected chi connectivity index (χ3v) is 5.75. The highest BCUT2D eigenvalue weighted by Gasteiger charge is 2.18. The lowest BCUT2D eigenvalue weighted by Crippen LogP contribution is -2.35. The van der Waals surface area contributed by atoms with E-state index in [4.69, 9.17) is 4.74 Å². The van der Waals surface area contributed by atoms with Crippen LogP contribution in [0.2, 0.25) is 0 Å². The van der Waals surface area contributed by atoms with Crippen LogP contribution in [0.25, 0.3) is 0 Å². The second-order valence-electron chi connectivity index (χ2n) is 5.84. The number of carbonyl (C=O) groups excluding carboxylic acids is 1. The SMILES string of the molecule is CN(C)S(=O)(=O)c1ccc(OCC(=O)N2CCCCCC2)cc1. The van der Waals surface area contributed by atoms with Crippen molar-refractivity contribution < 1.29 is 17.9 Å². The average molecular weight is 340 g/mol. The molecule has 7 heteroatoms. The summed E-state index contributed by atoms with van der Waals surface area (Å²) in [5.74, 6) is 0.475. The third kappa shape index (κ3) is 4.68. The molecule has 1 aromatic carbocycles. The summed E-state index contributed by atoms with van der Waals surface area (Å²) in [5.41, 5.74) is 0. The Labute approximate surface area is 138 Å². The van der Waals surface area contributed by atoms with E-state index in [1.165, 1.54) is 39.1 Å². The van der Waals surface area contributed by atoms with Gasteiger partial charge in [0.1, 0.15) is 5.75 Å². The van der Waals surface area contributed by atoms with Gasteiger partial charge in [0.2, 0.25) is 10.0 Å². The van der Waals surface area contributed by atoms with Crippen LogP contribution in [0.1, 0.15) is 25.7 Å². The first-order valence-corrected chi connectivity index (χ1v) is 9.28. The normalized spacial score (nSPS) is 16.2. The van der Waals surface area contributed by atoms with Gasteiger partial charge in [-0.05, 0) is 37.1 Å². The first-order valence-electron chi connectivity index (χ1n) is 7.84. The number of hydrogen-bond acceptors (Lipinski definition) is 4. The molecule has 0 saturated carbocycles. The molecule has 0 spiro atoms. The van der Waals surface area contributed by atoms with Crippen LogP contribution in [0.5, 0.6) is 5.75 Å².